The summed E-state index contributed by atoms with van der Waals surface area (Å²) in [5.74, 6) is 1.65. The summed E-state index contributed by atoms with van der Waals surface area (Å²) in [5, 5.41) is 0. The Kier molecular flexibility index (Phi) is 10.8. The first-order valence-corrected chi connectivity index (χ1v) is 7.91. The zero-order valence-electron chi connectivity index (χ0n) is 13.4. The van der Waals surface area contributed by atoms with E-state index in [0.717, 1.165) is 18.4 Å². The molecule has 2 heteroatoms. The first-order chi connectivity index (χ1) is 8.51. The van der Waals surface area contributed by atoms with Gasteiger partial charge in [0.15, 0.2) is 0 Å². The van der Waals surface area contributed by atoms with Crippen molar-refractivity contribution < 1.29 is 0 Å². The van der Waals surface area contributed by atoms with Gasteiger partial charge in [0, 0.05) is 6.04 Å². The summed E-state index contributed by atoms with van der Waals surface area (Å²) in [5.41, 5.74) is 5.68. The van der Waals surface area contributed by atoms with Crippen molar-refractivity contribution in [2.45, 2.75) is 72.3 Å². The molecule has 2 atom stereocenters. The molecule has 18 heavy (non-hydrogen) atoms. The summed E-state index contributed by atoms with van der Waals surface area (Å²) in [6.07, 6.45) is 7.83. The highest BCUT2D eigenvalue weighted by Gasteiger charge is 2.12. The van der Waals surface area contributed by atoms with Gasteiger partial charge in [-0.1, -0.05) is 33.6 Å². The Hall–Kier alpha value is -0.0800. The van der Waals surface area contributed by atoms with Gasteiger partial charge in [-0.05, 0) is 64.6 Å². The summed E-state index contributed by atoms with van der Waals surface area (Å²) in [7, 11) is 2.27. The number of nitrogens with two attached hydrogens (primary N) is 1. The van der Waals surface area contributed by atoms with E-state index in [1.54, 1.807) is 0 Å². The molecule has 0 rings (SSSR count). The van der Waals surface area contributed by atoms with Crippen LogP contribution in [0.2, 0.25) is 0 Å². The second kappa shape index (κ2) is 10.8. The molecule has 2 nitrogen and oxygen atoms in total. The fourth-order valence-corrected chi connectivity index (χ4v) is 2.79. The third-order valence-corrected chi connectivity index (χ3v) is 3.96. The van der Waals surface area contributed by atoms with Crippen LogP contribution in [0.5, 0.6) is 0 Å². The van der Waals surface area contributed by atoms with Crippen molar-refractivity contribution in [3.05, 3.63) is 0 Å². The third-order valence-electron chi connectivity index (χ3n) is 3.96. The minimum absolute atomic E-state index is 0.712. The number of nitrogens with zero attached hydrogens (tertiary/aromatic N) is 1. The van der Waals surface area contributed by atoms with Gasteiger partial charge in [0.2, 0.25) is 0 Å². The van der Waals surface area contributed by atoms with Crippen LogP contribution in [0.1, 0.15) is 66.2 Å². The first kappa shape index (κ1) is 17.9. The van der Waals surface area contributed by atoms with Crippen LogP contribution in [-0.4, -0.2) is 31.1 Å². The lowest BCUT2D eigenvalue weighted by atomic mass is 9.94. The van der Waals surface area contributed by atoms with Crippen molar-refractivity contribution in [2.75, 3.05) is 20.1 Å². The molecule has 0 saturated heterocycles. The Balaban J connectivity index is 3.79. The molecule has 2 unspecified atom stereocenters. The Bertz CT molecular complexity index is 174. The van der Waals surface area contributed by atoms with Gasteiger partial charge in [0.05, 0.1) is 0 Å². The molecule has 0 saturated carbocycles. The van der Waals surface area contributed by atoms with Gasteiger partial charge >= 0.3 is 0 Å². The summed E-state index contributed by atoms with van der Waals surface area (Å²) >= 11 is 0. The normalized spacial score (nSPS) is 15.3. The van der Waals surface area contributed by atoms with Gasteiger partial charge < -0.3 is 10.6 Å². The Morgan fingerprint density at radius 3 is 2.22 bits per heavy atom. The molecule has 110 valence electrons. The summed E-state index contributed by atoms with van der Waals surface area (Å²) in [6.45, 7) is 11.3. The Labute approximate surface area is 115 Å². The van der Waals surface area contributed by atoms with Crippen LogP contribution in [0.25, 0.3) is 0 Å². The van der Waals surface area contributed by atoms with E-state index in [-0.39, 0.29) is 0 Å². The number of hydrogen-bond acceptors (Lipinski definition) is 2. The monoisotopic (exact) mass is 256 g/mol. The van der Waals surface area contributed by atoms with Crippen molar-refractivity contribution >= 4 is 0 Å². The molecule has 0 fully saturated rings. The highest BCUT2D eigenvalue weighted by Crippen LogP contribution is 2.18. The SMILES string of the molecule is CCCC(CCN)CCCN(C)C(C)CC(C)C. The molecule has 2 N–H and O–H groups in total. The van der Waals surface area contributed by atoms with Gasteiger partial charge in [-0.2, -0.15) is 0 Å². The molecule has 0 bridgehead atoms. The largest absolute Gasteiger partial charge is 0.330 e. The quantitative estimate of drug-likeness (QED) is 0.607. The molecule has 0 heterocycles. The molecular weight excluding hydrogens is 220 g/mol. The van der Waals surface area contributed by atoms with Crippen LogP contribution in [0, 0.1) is 11.8 Å². The Morgan fingerprint density at radius 1 is 1.06 bits per heavy atom. The van der Waals surface area contributed by atoms with Crippen molar-refractivity contribution in [1.29, 1.82) is 0 Å². The first-order valence-electron chi connectivity index (χ1n) is 7.91. The lowest BCUT2D eigenvalue weighted by Gasteiger charge is -2.27. The van der Waals surface area contributed by atoms with Gasteiger partial charge in [0.25, 0.3) is 0 Å². The number of hydrogen-bond donors (Lipinski definition) is 1. The lowest BCUT2D eigenvalue weighted by Crippen LogP contribution is -2.31. The summed E-state index contributed by atoms with van der Waals surface area (Å²) < 4.78 is 0. The van der Waals surface area contributed by atoms with Gasteiger partial charge in [0.1, 0.15) is 0 Å². The molecular formula is C16H36N2. The van der Waals surface area contributed by atoms with Crippen molar-refractivity contribution in [3.8, 4) is 0 Å². The fraction of sp³-hybridized carbons (Fsp3) is 1.00. The highest BCUT2D eigenvalue weighted by atomic mass is 15.1. The van der Waals surface area contributed by atoms with Gasteiger partial charge in [-0.25, -0.2) is 0 Å². The van der Waals surface area contributed by atoms with Gasteiger partial charge in [-0.15, -0.1) is 0 Å². The molecule has 0 aliphatic heterocycles. The van der Waals surface area contributed by atoms with Crippen LogP contribution in [-0.2, 0) is 0 Å². The van der Waals surface area contributed by atoms with E-state index >= 15 is 0 Å². The van der Waals surface area contributed by atoms with Crippen LogP contribution in [0.3, 0.4) is 0 Å². The van der Waals surface area contributed by atoms with E-state index in [1.165, 1.54) is 45.1 Å². The smallest absolute Gasteiger partial charge is 0.00663 e. The van der Waals surface area contributed by atoms with Crippen molar-refractivity contribution in [3.63, 3.8) is 0 Å². The minimum atomic E-state index is 0.712. The molecule has 0 aromatic heterocycles. The molecule has 0 spiro atoms. The van der Waals surface area contributed by atoms with Crippen LogP contribution >= 0.6 is 0 Å². The maximum absolute atomic E-state index is 5.68. The summed E-state index contributed by atoms with van der Waals surface area (Å²) in [6, 6.07) is 0.712. The topological polar surface area (TPSA) is 29.3 Å². The standard InChI is InChI=1S/C16H36N2/c1-6-8-16(10-11-17)9-7-12-18(5)15(4)13-14(2)3/h14-16H,6-13,17H2,1-5H3. The van der Waals surface area contributed by atoms with E-state index < -0.39 is 0 Å². The average molecular weight is 256 g/mol. The van der Waals surface area contributed by atoms with Crippen molar-refractivity contribution in [2.24, 2.45) is 17.6 Å². The van der Waals surface area contributed by atoms with E-state index in [1.807, 2.05) is 0 Å². The van der Waals surface area contributed by atoms with Crippen molar-refractivity contribution in [1.82, 2.24) is 4.90 Å². The molecule has 0 amide bonds. The van der Waals surface area contributed by atoms with Crippen LogP contribution in [0.15, 0.2) is 0 Å². The maximum Gasteiger partial charge on any atom is 0.00663 e. The molecule has 0 aromatic carbocycles. The second-order valence-electron chi connectivity index (χ2n) is 6.33. The predicted octanol–water partition coefficient (Wildman–Crippen LogP) is 3.90. The zero-order chi connectivity index (χ0) is 14.0. The maximum atomic E-state index is 5.68. The molecule has 0 aliphatic rings. The summed E-state index contributed by atoms with van der Waals surface area (Å²) in [4.78, 5) is 2.52. The zero-order valence-corrected chi connectivity index (χ0v) is 13.4. The van der Waals surface area contributed by atoms with E-state index in [0.29, 0.717) is 6.04 Å². The van der Waals surface area contributed by atoms with Gasteiger partial charge in [-0.3, -0.25) is 0 Å². The van der Waals surface area contributed by atoms with Crippen LogP contribution < -0.4 is 5.73 Å². The fourth-order valence-electron chi connectivity index (χ4n) is 2.79. The van der Waals surface area contributed by atoms with E-state index in [2.05, 4.69) is 39.6 Å². The van der Waals surface area contributed by atoms with Crippen LogP contribution in [0.4, 0.5) is 0 Å². The highest BCUT2D eigenvalue weighted by molar-refractivity contribution is 4.67. The molecule has 0 aromatic rings. The molecule has 0 radical (unpaired) electrons. The second-order valence-corrected chi connectivity index (χ2v) is 6.33. The van der Waals surface area contributed by atoms with E-state index in [9.17, 15) is 0 Å². The third kappa shape index (κ3) is 8.93. The molecule has 0 aliphatic carbocycles. The Morgan fingerprint density at radius 2 is 1.72 bits per heavy atom. The predicted molar refractivity (Wildman–Crippen MR) is 82.9 cm³/mol. The minimum Gasteiger partial charge on any atom is -0.330 e. The van der Waals surface area contributed by atoms with E-state index in [4.69, 9.17) is 5.73 Å². The average Bonchev–Trinajstić information content (AvgIpc) is 2.28. The number of rotatable bonds is 11. The lowest BCUT2D eigenvalue weighted by molar-refractivity contribution is 0.218.